The van der Waals surface area contributed by atoms with Gasteiger partial charge < -0.3 is 10.0 Å². The molecule has 1 N–H and O–H groups in total. The normalized spacial score (nSPS) is 12.9. The lowest BCUT2D eigenvalue weighted by atomic mass is 10.0. The molecule has 0 radical (unpaired) electrons. The Morgan fingerprint density at radius 2 is 1.77 bits per heavy atom. The van der Waals surface area contributed by atoms with Crippen LogP contribution >= 0.6 is 0 Å². The highest BCUT2D eigenvalue weighted by atomic mass is 16.3. The first-order valence-corrected chi connectivity index (χ1v) is 7.46. The number of aliphatic hydroxyl groups excluding tert-OH is 1. The number of para-hydroxylation sites is 2. The van der Waals surface area contributed by atoms with Crippen LogP contribution in [0.3, 0.4) is 0 Å². The lowest BCUT2D eigenvalue weighted by molar-refractivity contribution is 0.301. The van der Waals surface area contributed by atoms with E-state index in [4.69, 9.17) is 5.10 Å². The van der Waals surface area contributed by atoms with Crippen LogP contribution < -0.4 is 4.90 Å². The molecule has 0 spiro atoms. The fraction of sp³-hybridized carbons (Fsp3) is 0.167. The minimum Gasteiger partial charge on any atom is -0.395 e. The van der Waals surface area contributed by atoms with Crippen LogP contribution in [0.1, 0.15) is 5.56 Å². The molecular formula is C18H17N3O. The van der Waals surface area contributed by atoms with Crippen LogP contribution in [0.4, 0.5) is 5.69 Å². The molecule has 3 aromatic rings. The molecular weight excluding hydrogens is 274 g/mol. The second kappa shape index (κ2) is 5.31. The number of nitrogens with zero attached hydrogens (tertiary/aromatic N) is 3. The molecule has 1 aliphatic heterocycles. The number of aliphatic hydroxyl groups is 1. The average molecular weight is 291 g/mol. The topological polar surface area (TPSA) is 41.3 Å². The first-order valence-electron chi connectivity index (χ1n) is 7.46. The summed E-state index contributed by atoms with van der Waals surface area (Å²) < 4.78 is 1.93. The van der Waals surface area contributed by atoms with Gasteiger partial charge in [-0.05, 0) is 18.2 Å². The van der Waals surface area contributed by atoms with Gasteiger partial charge in [0, 0.05) is 36.1 Å². The highest BCUT2D eigenvalue weighted by Crippen LogP contribution is 2.38. The number of β-amino-alcohol motifs (C(OH)–C–C–N with tert-alkyl or cyclic N) is 1. The first kappa shape index (κ1) is 13.1. The molecule has 0 unspecified atom stereocenters. The van der Waals surface area contributed by atoms with Crippen molar-refractivity contribution in [3.8, 4) is 16.9 Å². The summed E-state index contributed by atoms with van der Waals surface area (Å²) in [4.78, 5) is 2.20. The van der Waals surface area contributed by atoms with Crippen molar-refractivity contribution in [3.63, 3.8) is 0 Å². The third-order valence-electron chi connectivity index (χ3n) is 4.04. The van der Waals surface area contributed by atoms with Gasteiger partial charge in [0.25, 0.3) is 0 Å². The summed E-state index contributed by atoms with van der Waals surface area (Å²) in [5.41, 5.74) is 5.56. The Kier molecular flexibility index (Phi) is 3.16. The minimum absolute atomic E-state index is 0.149. The zero-order chi connectivity index (χ0) is 14.9. The van der Waals surface area contributed by atoms with E-state index in [-0.39, 0.29) is 6.61 Å². The predicted molar refractivity (Wildman–Crippen MR) is 87.1 cm³/mol. The summed E-state index contributed by atoms with van der Waals surface area (Å²) in [5.74, 6) is 0. The summed E-state index contributed by atoms with van der Waals surface area (Å²) in [6, 6.07) is 18.4. The molecule has 0 saturated carbocycles. The van der Waals surface area contributed by atoms with Crippen LogP contribution in [-0.2, 0) is 6.54 Å². The van der Waals surface area contributed by atoms with Gasteiger partial charge in [-0.15, -0.1) is 0 Å². The van der Waals surface area contributed by atoms with Crippen molar-refractivity contribution >= 4 is 5.69 Å². The minimum atomic E-state index is 0.149. The summed E-state index contributed by atoms with van der Waals surface area (Å²) in [5, 5.41) is 14.1. The molecule has 110 valence electrons. The largest absolute Gasteiger partial charge is 0.395 e. The SMILES string of the molecule is OCCN1Cc2cn(-c3ccccc3)nc2-c2ccccc21. The summed E-state index contributed by atoms with van der Waals surface area (Å²) in [6.07, 6.45) is 2.09. The number of fused-ring (bicyclic) bond motifs is 3. The van der Waals surface area contributed by atoms with Crippen molar-refractivity contribution in [3.05, 3.63) is 66.4 Å². The summed E-state index contributed by atoms with van der Waals surface area (Å²) >= 11 is 0. The fourth-order valence-electron chi connectivity index (χ4n) is 3.03. The van der Waals surface area contributed by atoms with E-state index in [1.165, 1.54) is 5.56 Å². The number of aromatic nitrogens is 2. The molecule has 4 rings (SSSR count). The first-order chi connectivity index (χ1) is 10.9. The number of hydrogen-bond donors (Lipinski definition) is 1. The quantitative estimate of drug-likeness (QED) is 0.807. The van der Waals surface area contributed by atoms with Crippen LogP contribution in [0.25, 0.3) is 16.9 Å². The molecule has 0 saturated heterocycles. The maximum atomic E-state index is 9.31. The Bertz CT molecular complexity index is 795. The standard InChI is InChI=1S/C18H17N3O/c22-11-10-20-12-14-13-21(15-6-2-1-3-7-15)19-18(14)16-8-4-5-9-17(16)20/h1-9,13,22H,10-12H2. The van der Waals surface area contributed by atoms with Gasteiger partial charge in [-0.3, -0.25) is 0 Å². The maximum Gasteiger partial charge on any atom is 0.0998 e. The van der Waals surface area contributed by atoms with E-state index in [1.807, 2.05) is 35.0 Å². The predicted octanol–water partition coefficient (Wildman–Crippen LogP) is 2.85. The van der Waals surface area contributed by atoms with Gasteiger partial charge >= 0.3 is 0 Å². The fourth-order valence-corrected chi connectivity index (χ4v) is 3.03. The van der Waals surface area contributed by atoms with Crippen molar-refractivity contribution in [1.29, 1.82) is 0 Å². The number of anilines is 1. The van der Waals surface area contributed by atoms with Gasteiger partial charge in [0.15, 0.2) is 0 Å². The van der Waals surface area contributed by atoms with Gasteiger partial charge in [-0.2, -0.15) is 5.10 Å². The van der Waals surface area contributed by atoms with Gasteiger partial charge in [0.05, 0.1) is 18.0 Å². The molecule has 4 heteroatoms. The Labute approximate surface area is 129 Å². The summed E-state index contributed by atoms with van der Waals surface area (Å²) in [7, 11) is 0. The molecule has 0 atom stereocenters. The number of benzene rings is 2. The number of rotatable bonds is 3. The van der Waals surface area contributed by atoms with Gasteiger partial charge in [-0.1, -0.05) is 36.4 Å². The van der Waals surface area contributed by atoms with E-state index in [1.54, 1.807) is 0 Å². The van der Waals surface area contributed by atoms with E-state index < -0.39 is 0 Å². The molecule has 0 amide bonds. The monoisotopic (exact) mass is 291 g/mol. The Balaban J connectivity index is 1.83. The van der Waals surface area contributed by atoms with Crippen molar-refractivity contribution in [2.75, 3.05) is 18.1 Å². The van der Waals surface area contributed by atoms with Crippen molar-refractivity contribution in [1.82, 2.24) is 9.78 Å². The van der Waals surface area contributed by atoms with Gasteiger partial charge in [-0.25, -0.2) is 4.68 Å². The molecule has 2 heterocycles. The van der Waals surface area contributed by atoms with Crippen molar-refractivity contribution < 1.29 is 5.11 Å². The van der Waals surface area contributed by atoms with Crippen LogP contribution in [0.15, 0.2) is 60.8 Å². The number of hydrogen-bond acceptors (Lipinski definition) is 3. The van der Waals surface area contributed by atoms with E-state index in [0.29, 0.717) is 6.54 Å². The third kappa shape index (κ3) is 2.09. The smallest absolute Gasteiger partial charge is 0.0998 e. The zero-order valence-electron chi connectivity index (χ0n) is 12.2. The molecule has 4 nitrogen and oxygen atoms in total. The third-order valence-corrected chi connectivity index (χ3v) is 4.04. The Hall–Kier alpha value is -2.59. The van der Waals surface area contributed by atoms with E-state index in [9.17, 15) is 5.11 Å². The van der Waals surface area contributed by atoms with Crippen LogP contribution in [-0.4, -0.2) is 28.0 Å². The van der Waals surface area contributed by atoms with Gasteiger partial charge in [0.1, 0.15) is 0 Å². The summed E-state index contributed by atoms with van der Waals surface area (Å²) in [6.45, 7) is 1.56. The molecule has 1 aliphatic rings. The van der Waals surface area contributed by atoms with Crippen LogP contribution in [0, 0.1) is 0 Å². The second-order valence-electron chi connectivity index (χ2n) is 5.45. The van der Waals surface area contributed by atoms with E-state index in [0.717, 1.165) is 29.2 Å². The highest BCUT2D eigenvalue weighted by molar-refractivity contribution is 5.81. The lowest BCUT2D eigenvalue weighted by Crippen LogP contribution is -2.28. The molecule has 0 fully saturated rings. The maximum absolute atomic E-state index is 9.31. The Morgan fingerprint density at radius 3 is 2.59 bits per heavy atom. The zero-order valence-corrected chi connectivity index (χ0v) is 12.2. The van der Waals surface area contributed by atoms with E-state index in [2.05, 4.69) is 35.4 Å². The van der Waals surface area contributed by atoms with Crippen molar-refractivity contribution in [2.24, 2.45) is 0 Å². The molecule has 0 aliphatic carbocycles. The molecule has 22 heavy (non-hydrogen) atoms. The van der Waals surface area contributed by atoms with Crippen molar-refractivity contribution in [2.45, 2.75) is 6.54 Å². The van der Waals surface area contributed by atoms with Crippen LogP contribution in [0.2, 0.25) is 0 Å². The average Bonchev–Trinajstić information content (AvgIpc) is 3.00. The molecule has 0 bridgehead atoms. The highest BCUT2D eigenvalue weighted by Gasteiger charge is 2.24. The molecule has 1 aromatic heterocycles. The van der Waals surface area contributed by atoms with E-state index >= 15 is 0 Å². The van der Waals surface area contributed by atoms with Crippen LogP contribution in [0.5, 0.6) is 0 Å². The lowest BCUT2D eigenvalue weighted by Gasteiger charge is -2.29. The molecule has 2 aromatic carbocycles. The Morgan fingerprint density at radius 1 is 1.00 bits per heavy atom. The van der Waals surface area contributed by atoms with Gasteiger partial charge in [0.2, 0.25) is 0 Å². The second-order valence-corrected chi connectivity index (χ2v) is 5.45.